The molecule has 266 valence electrons. The highest BCUT2D eigenvalue weighted by Crippen LogP contribution is 2.14. The largest absolute Gasteiger partial charge is 0.387 e. The van der Waals surface area contributed by atoms with Crippen LogP contribution >= 0.6 is 0 Å². The summed E-state index contributed by atoms with van der Waals surface area (Å²) in [5.74, 6) is -1.54. The van der Waals surface area contributed by atoms with Crippen LogP contribution in [0, 0.1) is 0 Å². The van der Waals surface area contributed by atoms with E-state index in [4.69, 9.17) is 0 Å². The predicted octanol–water partition coefficient (Wildman–Crippen LogP) is 9.38. The molecule has 0 fully saturated rings. The third kappa shape index (κ3) is 31.2. The standard InChI is InChI=1S/C37H71NO6S/c1-3-5-7-9-11-12-13-14-15-16-17-18-19-20-21-22-23-24-26-28-30-32-36(40)37(41)38-34(33-45(42,43)44)35(39)31-29-27-25-10-8-6-4-2/h19-20,29,31,34-36,39-40H,3-18,21-28,30,32-33H2,1-2H3,(H,38,41)(H,42,43,44)/b20-19-,31-29+. The quantitative estimate of drug-likeness (QED) is 0.0317. The minimum Gasteiger partial charge on any atom is -0.387 e. The Bertz CT molecular complexity index is 829. The topological polar surface area (TPSA) is 124 Å². The molecule has 0 aliphatic heterocycles. The van der Waals surface area contributed by atoms with E-state index in [-0.39, 0.29) is 6.42 Å². The molecule has 0 rings (SSSR count). The van der Waals surface area contributed by atoms with Crippen LogP contribution in [-0.4, -0.2) is 53.1 Å². The average molecular weight is 658 g/mol. The number of hydrogen-bond acceptors (Lipinski definition) is 5. The minimum atomic E-state index is -4.43. The Hall–Kier alpha value is -1.22. The molecule has 0 radical (unpaired) electrons. The first kappa shape index (κ1) is 43.8. The first-order valence-corrected chi connectivity index (χ1v) is 20.3. The van der Waals surface area contributed by atoms with Gasteiger partial charge in [0, 0.05) is 0 Å². The first-order valence-electron chi connectivity index (χ1n) is 18.6. The highest BCUT2D eigenvalue weighted by molar-refractivity contribution is 7.85. The normalized spacial score (nSPS) is 14.3. The van der Waals surface area contributed by atoms with Crippen LogP contribution in [0.25, 0.3) is 0 Å². The highest BCUT2D eigenvalue weighted by Gasteiger charge is 2.27. The van der Waals surface area contributed by atoms with Gasteiger partial charge in [-0.05, 0) is 44.9 Å². The Labute approximate surface area is 277 Å². The van der Waals surface area contributed by atoms with Gasteiger partial charge in [0.15, 0.2) is 0 Å². The maximum Gasteiger partial charge on any atom is 0.267 e. The van der Waals surface area contributed by atoms with E-state index in [1.807, 2.05) is 0 Å². The summed E-state index contributed by atoms with van der Waals surface area (Å²) >= 11 is 0. The fourth-order valence-electron chi connectivity index (χ4n) is 5.57. The van der Waals surface area contributed by atoms with Crippen LogP contribution in [0.1, 0.15) is 181 Å². The van der Waals surface area contributed by atoms with Gasteiger partial charge in [0.2, 0.25) is 5.91 Å². The van der Waals surface area contributed by atoms with Gasteiger partial charge in [-0.25, -0.2) is 0 Å². The zero-order valence-electron chi connectivity index (χ0n) is 29.1. The number of hydrogen-bond donors (Lipinski definition) is 4. The first-order chi connectivity index (χ1) is 21.7. The van der Waals surface area contributed by atoms with Crippen molar-refractivity contribution in [2.45, 2.75) is 199 Å². The lowest BCUT2D eigenvalue weighted by Crippen LogP contribution is -2.50. The maximum absolute atomic E-state index is 12.5. The van der Waals surface area contributed by atoms with Crippen molar-refractivity contribution in [3.8, 4) is 0 Å². The zero-order valence-corrected chi connectivity index (χ0v) is 29.9. The molecule has 4 N–H and O–H groups in total. The van der Waals surface area contributed by atoms with Gasteiger partial charge in [-0.1, -0.05) is 160 Å². The molecule has 0 aromatic carbocycles. The molecule has 0 heterocycles. The van der Waals surface area contributed by atoms with Crippen molar-refractivity contribution in [3.63, 3.8) is 0 Å². The number of amides is 1. The summed E-state index contributed by atoms with van der Waals surface area (Å²) in [6.45, 7) is 4.42. The number of rotatable bonds is 33. The molecular weight excluding hydrogens is 586 g/mol. The van der Waals surface area contributed by atoms with Crippen LogP contribution in [-0.2, 0) is 14.9 Å². The third-order valence-corrected chi connectivity index (χ3v) is 9.26. The van der Waals surface area contributed by atoms with Gasteiger partial charge in [-0.15, -0.1) is 0 Å². The Kier molecular flexibility index (Phi) is 30.5. The van der Waals surface area contributed by atoms with Crippen LogP contribution in [0.3, 0.4) is 0 Å². The van der Waals surface area contributed by atoms with Gasteiger partial charge in [-0.3, -0.25) is 9.35 Å². The van der Waals surface area contributed by atoms with Gasteiger partial charge < -0.3 is 15.5 Å². The van der Waals surface area contributed by atoms with Crippen molar-refractivity contribution >= 4 is 16.0 Å². The van der Waals surface area contributed by atoms with Crippen LogP contribution in [0.4, 0.5) is 0 Å². The molecule has 0 aromatic heterocycles. The van der Waals surface area contributed by atoms with E-state index < -0.39 is 40.0 Å². The molecule has 0 aromatic rings. The van der Waals surface area contributed by atoms with Crippen LogP contribution in [0.5, 0.6) is 0 Å². The molecule has 8 heteroatoms. The average Bonchev–Trinajstić information content (AvgIpc) is 3.00. The van der Waals surface area contributed by atoms with Crippen molar-refractivity contribution in [2.75, 3.05) is 5.75 Å². The molecule has 0 saturated carbocycles. The Balaban J connectivity index is 3.92. The minimum absolute atomic E-state index is 0.274. The van der Waals surface area contributed by atoms with E-state index in [1.54, 1.807) is 6.08 Å². The van der Waals surface area contributed by atoms with Gasteiger partial charge in [0.05, 0.1) is 17.9 Å². The number of nitrogens with one attached hydrogen (secondary N) is 1. The molecule has 0 bridgehead atoms. The van der Waals surface area contributed by atoms with Crippen molar-refractivity contribution in [2.24, 2.45) is 0 Å². The third-order valence-electron chi connectivity index (χ3n) is 8.48. The van der Waals surface area contributed by atoms with Gasteiger partial charge in [-0.2, -0.15) is 8.42 Å². The van der Waals surface area contributed by atoms with Gasteiger partial charge >= 0.3 is 0 Å². The fraction of sp³-hybridized carbons (Fsp3) is 0.865. The monoisotopic (exact) mass is 658 g/mol. The molecule has 0 aliphatic rings. The zero-order chi connectivity index (χ0) is 33.4. The smallest absolute Gasteiger partial charge is 0.267 e. The van der Waals surface area contributed by atoms with E-state index in [1.165, 1.54) is 102 Å². The van der Waals surface area contributed by atoms with Crippen LogP contribution in [0.2, 0.25) is 0 Å². The fourth-order valence-corrected chi connectivity index (χ4v) is 6.30. The van der Waals surface area contributed by atoms with E-state index >= 15 is 0 Å². The molecule has 0 aliphatic carbocycles. The summed E-state index contributed by atoms with van der Waals surface area (Å²) in [4.78, 5) is 12.5. The number of unbranched alkanes of at least 4 members (excludes halogenated alkanes) is 22. The lowest BCUT2D eigenvalue weighted by atomic mass is 10.0. The second-order valence-electron chi connectivity index (χ2n) is 13.0. The summed E-state index contributed by atoms with van der Waals surface area (Å²) in [7, 11) is -4.43. The number of carbonyl (C=O) groups excluding carboxylic acids is 1. The molecular formula is C37H71NO6S. The Morgan fingerprint density at radius 1 is 0.600 bits per heavy atom. The summed E-state index contributed by atoms with van der Waals surface area (Å²) in [5, 5.41) is 23.1. The van der Waals surface area contributed by atoms with Gasteiger partial charge in [0.25, 0.3) is 10.1 Å². The number of carbonyl (C=O) groups is 1. The van der Waals surface area contributed by atoms with Crippen molar-refractivity contribution in [1.29, 1.82) is 0 Å². The van der Waals surface area contributed by atoms with Crippen LogP contribution < -0.4 is 5.32 Å². The van der Waals surface area contributed by atoms with Crippen LogP contribution in [0.15, 0.2) is 24.3 Å². The number of aliphatic hydroxyl groups is 2. The summed E-state index contributed by atoms with van der Waals surface area (Å²) < 4.78 is 32.2. The molecule has 0 spiro atoms. The summed E-state index contributed by atoms with van der Waals surface area (Å²) in [6, 6.07) is -1.23. The molecule has 45 heavy (non-hydrogen) atoms. The van der Waals surface area contributed by atoms with Crippen molar-refractivity contribution in [3.05, 3.63) is 24.3 Å². The summed E-state index contributed by atoms with van der Waals surface area (Å²) in [5.41, 5.74) is 0. The SMILES string of the molecule is CCCCCCC/C=C/C(O)C(CS(=O)(=O)O)NC(=O)C(O)CCCCCCCC/C=C\CCCCCCCCCCCCC. The Morgan fingerprint density at radius 2 is 0.978 bits per heavy atom. The molecule has 0 saturated heterocycles. The van der Waals surface area contributed by atoms with E-state index in [0.717, 1.165) is 57.8 Å². The van der Waals surface area contributed by atoms with Crippen molar-refractivity contribution < 1.29 is 28.0 Å². The van der Waals surface area contributed by atoms with E-state index in [0.29, 0.717) is 6.42 Å². The molecule has 3 unspecified atom stereocenters. The maximum atomic E-state index is 12.5. The van der Waals surface area contributed by atoms with E-state index in [9.17, 15) is 28.0 Å². The molecule has 1 amide bonds. The van der Waals surface area contributed by atoms with Gasteiger partial charge in [0.1, 0.15) is 6.10 Å². The van der Waals surface area contributed by atoms with E-state index in [2.05, 4.69) is 31.3 Å². The lowest BCUT2D eigenvalue weighted by molar-refractivity contribution is -0.130. The predicted molar refractivity (Wildman–Crippen MR) is 190 cm³/mol. The number of aliphatic hydroxyl groups excluding tert-OH is 2. The molecule has 3 atom stereocenters. The Morgan fingerprint density at radius 3 is 1.40 bits per heavy atom. The van der Waals surface area contributed by atoms with Crippen molar-refractivity contribution in [1.82, 2.24) is 5.32 Å². The lowest BCUT2D eigenvalue weighted by Gasteiger charge is -2.22. The highest BCUT2D eigenvalue weighted by atomic mass is 32.2. The second kappa shape index (κ2) is 31.4. The summed E-state index contributed by atoms with van der Waals surface area (Å²) in [6.07, 6.45) is 35.5. The molecule has 7 nitrogen and oxygen atoms in total. The second-order valence-corrected chi connectivity index (χ2v) is 14.5. The number of allylic oxidation sites excluding steroid dienone is 3.